The second kappa shape index (κ2) is 5.26. The van der Waals surface area contributed by atoms with Gasteiger partial charge in [0.15, 0.2) is 0 Å². The smallest absolute Gasteiger partial charge is 0.234 e. The summed E-state index contributed by atoms with van der Waals surface area (Å²) >= 11 is 0. The highest BCUT2D eigenvalue weighted by Crippen LogP contribution is 2.27. The number of benzene rings is 1. The van der Waals surface area contributed by atoms with Crippen LogP contribution in [0.4, 0.5) is 0 Å². The summed E-state index contributed by atoms with van der Waals surface area (Å²) in [5.41, 5.74) is 7.16. The van der Waals surface area contributed by atoms with E-state index in [2.05, 4.69) is 22.0 Å². The maximum Gasteiger partial charge on any atom is 0.234 e. The van der Waals surface area contributed by atoms with Crippen molar-refractivity contribution in [1.82, 2.24) is 15.1 Å². The lowest BCUT2D eigenvalue weighted by Crippen LogP contribution is -2.31. The molecular weight excluding hydrogens is 264 g/mol. The van der Waals surface area contributed by atoms with Gasteiger partial charge in [-0.3, -0.25) is 0 Å². The monoisotopic (exact) mass is 282 g/mol. The molecule has 0 aliphatic heterocycles. The summed E-state index contributed by atoms with van der Waals surface area (Å²) in [6, 6.07) is 11.9. The fourth-order valence-electron chi connectivity index (χ4n) is 2.15. The van der Waals surface area contributed by atoms with Gasteiger partial charge in [0, 0.05) is 11.9 Å². The summed E-state index contributed by atoms with van der Waals surface area (Å²) in [4.78, 5) is 9.06. The zero-order chi connectivity index (χ0) is 14.9. The number of fused-ring (bicyclic) bond motifs is 1. The Morgan fingerprint density at radius 3 is 2.71 bits per heavy atom. The fourth-order valence-corrected chi connectivity index (χ4v) is 2.15. The quantitative estimate of drug-likeness (QED) is 0.796. The van der Waals surface area contributed by atoms with Crippen LogP contribution in [0.1, 0.15) is 26.2 Å². The van der Waals surface area contributed by atoms with E-state index in [-0.39, 0.29) is 5.41 Å². The van der Waals surface area contributed by atoms with Gasteiger partial charge < -0.3 is 10.3 Å². The normalized spacial score (nSPS) is 14.2. The zero-order valence-corrected chi connectivity index (χ0v) is 12.2. The Balaban J connectivity index is 2.01. The van der Waals surface area contributed by atoms with Gasteiger partial charge >= 0.3 is 0 Å². The fraction of sp³-hybridized carbons (Fsp3) is 0.312. The number of hydrogen-bond donors (Lipinski definition) is 1. The Kier molecular flexibility index (Phi) is 3.43. The molecule has 2 N–H and O–H groups in total. The van der Waals surface area contributed by atoms with Crippen LogP contribution in [0.15, 0.2) is 40.9 Å². The van der Waals surface area contributed by atoms with Gasteiger partial charge in [0.1, 0.15) is 5.69 Å². The van der Waals surface area contributed by atoms with Crippen LogP contribution >= 0.6 is 0 Å². The van der Waals surface area contributed by atoms with E-state index in [4.69, 9.17) is 10.3 Å². The summed E-state index contributed by atoms with van der Waals surface area (Å²) in [6.07, 6.45) is 0.844. The number of pyridine rings is 1. The van der Waals surface area contributed by atoms with Crippen molar-refractivity contribution in [3.05, 3.63) is 42.3 Å². The van der Waals surface area contributed by atoms with Crippen LogP contribution in [0.3, 0.4) is 0 Å². The van der Waals surface area contributed by atoms with Gasteiger partial charge in [-0.1, -0.05) is 36.3 Å². The molecule has 0 aliphatic carbocycles. The molecule has 21 heavy (non-hydrogen) atoms. The molecular formula is C16H18N4O. The predicted octanol–water partition coefficient (Wildman–Crippen LogP) is 2.91. The van der Waals surface area contributed by atoms with Crippen molar-refractivity contribution in [2.24, 2.45) is 5.73 Å². The first-order chi connectivity index (χ1) is 10.2. The SMILES string of the molecule is CCC(C)(CN)c1nc(-c2ccc3ccccc3n2)no1. The van der Waals surface area contributed by atoms with Gasteiger partial charge in [0.25, 0.3) is 0 Å². The van der Waals surface area contributed by atoms with Crippen LogP contribution < -0.4 is 5.73 Å². The van der Waals surface area contributed by atoms with Gasteiger partial charge in [-0.2, -0.15) is 4.98 Å². The molecule has 0 saturated carbocycles. The molecule has 2 aromatic heterocycles. The van der Waals surface area contributed by atoms with E-state index < -0.39 is 0 Å². The summed E-state index contributed by atoms with van der Waals surface area (Å²) in [5.74, 6) is 1.07. The lowest BCUT2D eigenvalue weighted by molar-refractivity contribution is 0.291. The largest absolute Gasteiger partial charge is 0.338 e. The summed E-state index contributed by atoms with van der Waals surface area (Å²) in [6.45, 7) is 4.55. The molecule has 0 radical (unpaired) electrons. The van der Waals surface area contributed by atoms with Crippen LogP contribution in [0.5, 0.6) is 0 Å². The Bertz CT molecular complexity index is 762. The number of nitrogens with zero attached hydrogens (tertiary/aromatic N) is 3. The van der Waals surface area contributed by atoms with Gasteiger partial charge in [-0.25, -0.2) is 4.98 Å². The van der Waals surface area contributed by atoms with E-state index in [0.717, 1.165) is 17.3 Å². The van der Waals surface area contributed by atoms with Gasteiger partial charge in [0.05, 0.1) is 10.9 Å². The molecule has 0 bridgehead atoms. The molecule has 0 aliphatic rings. The summed E-state index contributed by atoms with van der Waals surface area (Å²) in [5, 5.41) is 5.14. The second-order valence-corrected chi connectivity index (χ2v) is 5.43. The van der Waals surface area contributed by atoms with Crippen molar-refractivity contribution in [2.45, 2.75) is 25.7 Å². The lowest BCUT2D eigenvalue weighted by atomic mass is 9.88. The van der Waals surface area contributed by atoms with Gasteiger partial charge in [-0.15, -0.1) is 0 Å². The average Bonchev–Trinajstić information content (AvgIpc) is 3.04. The molecule has 3 aromatic rings. The lowest BCUT2D eigenvalue weighted by Gasteiger charge is -2.20. The first-order valence-electron chi connectivity index (χ1n) is 7.07. The highest BCUT2D eigenvalue weighted by Gasteiger charge is 2.30. The van der Waals surface area contributed by atoms with Crippen molar-refractivity contribution >= 4 is 10.9 Å². The minimum absolute atomic E-state index is 0.290. The molecule has 0 saturated heterocycles. The minimum atomic E-state index is -0.290. The van der Waals surface area contributed by atoms with E-state index in [0.29, 0.717) is 24.0 Å². The molecule has 2 heterocycles. The van der Waals surface area contributed by atoms with E-state index in [1.54, 1.807) is 0 Å². The maximum atomic E-state index is 5.83. The van der Waals surface area contributed by atoms with Crippen LogP contribution in [0.2, 0.25) is 0 Å². The predicted molar refractivity (Wildman–Crippen MR) is 81.7 cm³/mol. The topological polar surface area (TPSA) is 77.8 Å². The zero-order valence-electron chi connectivity index (χ0n) is 12.2. The number of nitrogens with two attached hydrogens (primary N) is 1. The first kappa shape index (κ1) is 13.7. The molecule has 108 valence electrons. The van der Waals surface area contributed by atoms with Crippen molar-refractivity contribution in [3.63, 3.8) is 0 Å². The molecule has 5 nitrogen and oxygen atoms in total. The van der Waals surface area contributed by atoms with Crippen molar-refractivity contribution < 1.29 is 4.52 Å². The van der Waals surface area contributed by atoms with Crippen LogP contribution in [-0.2, 0) is 5.41 Å². The van der Waals surface area contributed by atoms with E-state index in [9.17, 15) is 0 Å². The Labute approximate surface area is 123 Å². The molecule has 1 unspecified atom stereocenters. The first-order valence-corrected chi connectivity index (χ1v) is 7.07. The highest BCUT2D eigenvalue weighted by atomic mass is 16.5. The Hall–Kier alpha value is -2.27. The van der Waals surface area contributed by atoms with Crippen molar-refractivity contribution in [1.29, 1.82) is 0 Å². The van der Waals surface area contributed by atoms with E-state index in [1.165, 1.54) is 0 Å². The molecule has 1 atom stereocenters. The third-order valence-electron chi connectivity index (χ3n) is 4.00. The van der Waals surface area contributed by atoms with Crippen LogP contribution in [0.25, 0.3) is 22.4 Å². The van der Waals surface area contributed by atoms with Crippen LogP contribution in [0, 0.1) is 0 Å². The highest BCUT2D eigenvalue weighted by molar-refractivity contribution is 5.80. The average molecular weight is 282 g/mol. The van der Waals surface area contributed by atoms with E-state index in [1.807, 2.05) is 43.3 Å². The molecule has 0 fully saturated rings. The third-order valence-corrected chi connectivity index (χ3v) is 4.00. The summed E-state index contributed by atoms with van der Waals surface area (Å²) in [7, 11) is 0. The summed E-state index contributed by atoms with van der Waals surface area (Å²) < 4.78 is 5.40. The van der Waals surface area contributed by atoms with Crippen molar-refractivity contribution in [3.8, 4) is 11.5 Å². The Morgan fingerprint density at radius 2 is 1.95 bits per heavy atom. The maximum absolute atomic E-state index is 5.83. The number of rotatable bonds is 4. The standard InChI is InChI=1S/C16H18N4O/c1-3-16(2,10-17)15-19-14(20-21-15)13-9-8-11-6-4-5-7-12(11)18-13/h4-9H,3,10,17H2,1-2H3. The molecule has 5 heteroatoms. The van der Waals surface area contributed by atoms with Gasteiger partial charge in [-0.05, 0) is 25.5 Å². The number of hydrogen-bond acceptors (Lipinski definition) is 5. The molecule has 0 amide bonds. The molecule has 3 rings (SSSR count). The molecule has 1 aromatic carbocycles. The van der Waals surface area contributed by atoms with Gasteiger partial charge in [0.2, 0.25) is 11.7 Å². The second-order valence-electron chi connectivity index (χ2n) is 5.43. The van der Waals surface area contributed by atoms with Crippen molar-refractivity contribution in [2.75, 3.05) is 6.54 Å². The molecule has 0 spiro atoms. The van der Waals surface area contributed by atoms with E-state index >= 15 is 0 Å². The minimum Gasteiger partial charge on any atom is -0.338 e. The number of aromatic nitrogens is 3. The number of para-hydroxylation sites is 1. The third kappa shape index (κ3) is 2.40. The van der Waals surface area contributed by atoms with Crippen LogP contribution in [-0.4, -0.2) is 21.7 Å². The Morgan fingerprint density at radius 1 is 1.14 bits per heavy atom.